The highest BCUT2D eigenvalue weighted by Crippen LogP contribution is 2.35. The van der Waals surface area contributed by atoms with Crippen molar-refractivity contribution in [1.29, 1.82) is 0 Å². The highest BCUT2D eigenvalue weighted by atomic mass is 19.1. The molecule has 1 aliphatic carbocycles. The maximum atomic E-state index is 13.9. The summed E-state index contributed by atoms with van der Waals surface area (Å²) in [5.41, 5.74) is 1.92. The van der Waals surface area contributed by atoms with Crippen molar-refractivity contribution in [3.05, 3.63) is 11.3 Å². The molecule has 3 rings (SSSR count). The summed E-state index contributed by atoms with van der Waals surface area (Å²) in [7, 11) is 2.14. The van der Waals surface area contributed by atoms with Gasteiger partial charge in [-0.2, -0.15) is 0 Å². The van der Waals surface area contributed by atoms with Crippen LogP contribution in [0.5, 0.6) is 0 Å². The smallest absolute Gasteiger partial charge is 0.140 e. The van der Waals surface area contributed by atoms with Crippen molar-refractivity contribution in [3.63, 3.8) is 0 Å². The maximum absolute atomic E-state index is 13.9. The molecule has 2 unspecified atom stereocenters. The summed E-state index contributed by atoms with van der Waals surface area (Å²) < 4.78 is 13.9. The molecule has 100 valence electrons. The molecule has 0 radical (unpaired) electrons. The lowest BCUT2D eigenvalue weighted by atomic mass is 10.0. The van der Waals surface area contributed by atoms with E-state index in [1.165, 1.54) is 0 Å². The van der Waals surface area contributed by atoms with Crippen molar-refractivity contribution in [2.24, 2.45) is 10.9 Å². The molecule has 1 fully saturated rings. The predicted octanol–water partition coefficient (Wildman–Crippen LogP) is 0.825. The van der Waals surface area contributed by atoms with Crippen LogP contribution in [0.2, 0.25) is 0 Å². The number of nitrogens with zero attached hydrogens (tertiary/aromatic N) is 3. The second-order valence-electron chi connectivity index (χ2n) is 5.54. The number of allylic oxidation sites excluding steroid dienone is 1. The van der Waals surface area contributed by atoms with Gasteiger partial charge in [0.2, 0.25) is 0 Å². The molecule has 0 aromatic carbocycles. The minimum atomic E-state index is -0.826. The quantitative estimate of drug-likeness (QED) is 0.692. The standard InChI is InChI=1S/C13H21FN4/c1-9-7-10(14)12-11(9)13(16-8-15-12)18-5-3-17(2)4-6-18/h9-10,15H,3-8H2,1-2H3. The Kier molecular flexibility index (Phi) is 3.01. The van der Waals surface area contributed by atoms with E-state index >= 15 is 0 Å². The number of alkyl halides is 1. The van der Waals surface area contributed by atoms with Gasteiger partial charge in [-0.05, 0) is 19.4 Å². The van der Waals surface area contributed by atoms with Crippen molar-refractivity contribution in [3.8, 4) is 0 Å². The Bertz CT molecular complexity index is 396. The van der Waals surface area contributed by atoms with Gasteiger partial charge in [-0.25, -0.2) is 9.38 Å². The van der Waals surface area contributed by atoms with Crippen LogP contribution in [0.25, 0.3) is 0 Å². The van der Waals surface area contributed by atoms with E-state index < -0.39 is 6.17 Å². The highest BCUT2D eigenvalue weighted by Gasteiger charge is 2.37. The van der Waals surface area contributed by atoms with E-state index in [1.54, 1.807) is 0 Å². The largest absolute Gasteiger partial charge is 0.367 e. The Morgan fingerprint density at radius 1 is 1.28 bits per heavy atom. The fraction of sp³-hybridized carbons (Fsp3) is 0.769. The Morgan fingerprint density at radius 2 is 2.00 bits per heavy atom. The molecular formula is C13H21FN4. The van der Waals surface area contributed by atoms with Crippen molar-refractivity contribution in [1.82, 2.24) is 15.1 Å². The third kappa shape index (κ3) is 1.90. The summed E-state index contributed by atoms with van der Waals surface area (Å²) in [6, 6.07) is 0. The topological polar surface area (TPSA) is 30.9 Å². The number of hydrogen-bond acceptors (Lipinski definition) is 4. The van der Waals surface area contributed by atoms with E-state index in [1.807, 2.05) is 0 Å². The van der Waals surface area contributed by atoms with E-state index in [-0.39, 0.29) is 5.92 Å². The van der Waals surface area contributed by atoms with Gasteiger partial charge < -0.3 is 15.1 Å². The van der Waals surface area contributed by atoms with Crippen LogP contribution < -0.4 is 5.32 Å². The van der Waals surface area contributed by atoms with E-state index in [0.29, 0.717) is 13.1 Å². The summed E-state index contributed by atoms with van der Waals surface area (Å²) >= 11 is 0. The van der Waals surface area contributed by atoms with Gasteiger partial charge in [0.05, 0.1) is 5.70 Å². The molecular weight excluding hydrogens is 231 g/mol. The van der Waals surface area contributed by atoms with E-state index in [2.05, 4.69) is 34.1 Å². The molecule has 4 nitrogen and oxygen atoms in total. The zero-order valence-corrected chi connectivity index (χ0v) is 11.1. The van der Waals surface area contributed by atoms with Crippen LogP contribution in [-0.2, 0) is 0 Å². The molecule has 18 heavy (non-hydrogen) atoms. The molecule has 0 aromatic heterocycles. The van der Waals surface area contributed by atoms with Crippen LogP contribution in [0.3, 0.4) is 0 Å². The number of nitrogens with one attached hydrogen (secondary N) is 1. The molecule has 0 saturated carbocycles. The van der Waals surface area contributed by atoms with Crippen molar-refractivity contribution < 1.29 is 4.39 Å². The van der Waals surface area contributed by atoms with Gasteiger partial charge in [0, 0.05) is 31.8 Å². The molecule has 2 aliphatic heterocycles. The number of halogens is 1. The zero-order valence-electron chi connectivity index (χ0n) is 11.1. The van der Waals surface area contributed by atoms with Crippen LogP contribution in [0.4, 0.5) is 4.39 Å². The summed E-state index contributed by atoms with van der Waals surface area (Å²) in [5, 5.41) is 3.12. The average molecular weight is 252 g/mol. The minimum Gasteiger partial charge on any atom is -0.367 e. The van der Waals surface area contributed by atoms with Gasteiger partial charge >= 0.3 is 0 Å². The van der Waals surface area contributed by atoms with Crippen LogP contribution in [0.15, 0.2) is 16.3 Å². The molecule has 5 heteroatoms. The zero-order chi connectivity index (χ0) is 12.7. The summed E-state index contributed by atoms with van der Waals surface area (Å²) in [5.74, 6) is 1.32. The molecule has 0 bridgehead atoms. The molecule has 3 aliphatic rings. The van der Waals surface area contributed by atoms with Crippen LogP contribution in [-0.4, -0.2) is 61.7 Å². The van der Waals surface area contributed by atoms with Gasteiger partial charge in [0.25, 0.3) is 0 Å². The maximum Gasteiger partial charge on any atom is 0.140 e. The number of piperazine rings is 1. The van der Waals surface area contributed by atoms with Gasteiger partial charge in [-0.3, -0.25) is 0 Å². The summed E-state index contributed by atoms with van der Waals surface area (Å²) in [6.45, 7) is 6.73. The number of amidine groups is 1. The first-order valence-electron chi connectivity index (χ1n) is 6.77. The second-order valence-corrected chi connectivity index (χ2v) is 5.54. The Labute approximate surface area is 108 Å². The van der Waals surface area contributed by atoms with E-state index in [0.717, 1.165) is 43.3 Å². The normalized spacial score (nSPS) is 33.3. The summed E-state index contributed by atoms with van der Waals surface area (Å²) in [6.07, 6.45) is -0.224. The van der Waals surface area contributed by atoms with Crippen LogP contribution in [0.1, 0.15) is 13.3 Å². The number of rotatable bonds is 0. The summed E-state index contributed by atoms with van der Waals surface area (Å²) in [4.78, 5) is 9.24. The SMILES string of the molecule is CC1CC(F)C2=C1C(N1CCN(C)CC1)=NCN2. The first-order valence-corrected chi connectivity index (χ1v) is 6.77. The van der Waals surface area contributed by atoms with Gasteiger partial charge in [-0.15, -0.1) is 0 Å². The number of aliphatic imine (C=N–C) groups is 1. The van der Waals surface area contributed by atoms with E-state index in [4.69, 9.17) is 0 Å². The molecule has 1 N–H and O–H groups in total. The fourth-order valence-corrected chi connectivity index (χ4v) is 3.10. The van der Waals surface area contributed by atoms with Crippen molar-refractivity contribution in [2.45, 2.75) is 19.5 Å². The molecule has 0 amide bonds. The van der Waals surface area contributed by atoms with Gasteiger partial charge in [0.15, 0.2) is 0 Å². The minimum absolute atomic E-state index is 0.279. The van der Waals surface area contributed by atoms with Crippen molar-refractivity contribution >= 4 is 5.84 Å². The molecule has 1 saturated heterocycles. The Morgan fingerprint density at radius 3 is 2.72 bits per heavy atom. The third-order valence-electron chi connectivity index (χ3n) is 4.20. The van der Waals surface area contributed by atoms with Gasteiger partial charge in [0.1, 0.15) is 18.7 Å². The fourth-order valence-electron chi connectivity index (χ4n) is 3.10. The Balaban J connectivity index is 1.84. The monoisotopic (exact) mass is 252 g/mol. The highest BCUT2D eigenvalue weighted by molar-refractivity contribution is 6.00. The van der Waals surface area contributed by atoms with Gasteiger partial charge in [-0.1, -0.05) is 6.92 Å². The lowest BCUT2D eigenvalue weighted by molar-refractivity contribution is 0.214. The predicted molar refractivity (Wildman–Crippen MR) is 70.2 cm³/mol. The van der Waals surface area contributed by atoms with E-state index in [9.17, 15) is 4.39 Å². The molecule has 0 spiro atoms. The lowest BCUT2D eigenvalue weighted by Gasteiger charge is -2.37. The molecule has 2 atom stereocenters. The third-order valence-corrected chi connectivity index (χ3v) is 4.20. The first-order chi connectivity index (χ1) is 8.66. The molecule has 0 aromatic rings. The second kappa shape index (κ2) is 4.53. The Hall–Kier alpha value is -1.10. The lowest BCUT2D eigenvalue weighted by Crippen LogP contribution is -2.49. The van der Waals surface area contributed by atoms with Crippen LogP contribution >= 0.6 is 0 Å². The molecule has 2 heterocycles. The first kappa shape index (κ1) is 12.0. The average Bonchev–Trinajstić information content (AvgIpc) is 2.66. The number of likely N-dealkylation sites (N-methyl/N-ethyl adjacent to an activating group) is 1. The van der Waals surface area contributed by atoms with Crippen LogP contribution in [0, 0.1) is 5.92 Å². The van der Waals surface area contributed by atoms with Crippen molar-refractivity contribution in [2.75, 3.05) is 39.9 Å². The number of hydrogen-bond donors (Lipinski definition) is 1.